The molecule has 0 aliphatic rings. The molecule has 2 aromatic rings. The summed E-state index contributed by atoms with van der Waals surface area (Å²) in [6.45, 7) is 6.27. The van der Waals surface area contributed by atoms with Crippen LogP contribution in [0.15, 0.2) is 42.5 Å². The van der Waals surface area contributed by atoms with Crippen molar-refractivity contribution in [3.63, 3.8) is 0 Å². The predicted octanol–water partition coefficient (Wildman–Crippen LogP) is 3.99. The molecule has 0 bridgehead atoms. The number of hydrogen-bond acceptors (Lipinski definition) is 1. The summed E-state index contributed by atoms with van der Waals surface area (Å²) in [6.07, 6.45) is 0. The standard InChI is InChI=1S/C16H19N/c1-11-8-12(2)10-16(9-11)15-6-4-14(5-7-15)13(3)17/h4-10,13H,17H2,1-3H3. The highest BCUT2D eigenvalue weighted by Gasteiger charge is 2.02. The van der Waals surface area contributed by atoms with Gasteiger partial charge in [0, 0.05) is 6.04 Å². The van der Waals surface area contributed by atoms with E-state index < -0.39 is 0 Å². The Hall–Kier alpha value is -1.60. The Kier molecular flexibility index (Phi) is 3.30. The largest absolute Gasteiger partial charge is 0.324 e. The summed E-state index contributed by atoms with van der Waals surface area (Å²) in [6, 6.07) is 15.2. The van der Waals surface area contributed by atoms with Gasteiger partial charge in [-0.05, 0) is 37.5 Å². The zero-order chi connectivity index (χ0) is 12.4. The molecule has 0 heterocycles. The van der Waals surface area contributed by atoms with Crippen molar-refractivity contribution in [1.82, 2.24) is 0 Å². The second kappa shape index (κ2) is 4.72. The maximum absolute atomic E-state index is 5.85. The molecular weight excluding hydrogens is 206 g/mol. The first-order chi connectivity index (χ1) is 8.06. The molecule has 17 heavy (non-hydrogen) atoms. The number of benzene rings is 2. The van der Waals surface area contributed by atoms with E-state index >= 15 is 0 Å². The lowest BCUT2D eigenvalue weighted by Gasteiger charge is -2.08. The summed E-state index contributed by atoms with van der Waals surface area (Å²) in [7, 11) is 0. The van der Waals surface area contributed by atoms with Gasteiger partial charge in [0.05, 0.1) is 0 Å². The molecule has 0 spiro atoms. The summed E-state index contributed by atoms with van der Waals surface area (Å²) in [5, 5.41) is 0. The average Bonchev–Trinajstić information content (AvgIpc) is 2.28. The van der Waals surface area contributed by atoms with Crippen LogP contribution in [0.1, 0.15) is 29.7 Å². The van der Waals surface area contributed by atoms with Crippen molar-refractivity contribution < 1.29 is 0 Å². The Morgan fingerprint density at radius 2 is 1.35 bits per heavy atom. The highest BCUT2D eigenvalue weighted by Crippen LogP contribution is 2.23. The first-order valence-electron chi connectivity index (χ1n) is 6.00. The first kappa shape index (κ1) is 11.9. The van der Waals surface area contributed by atoms with E-state index in [0.29, 0.717) is 0 Å². The molecule has 2 N–H and O–H groups in total. The van der Waals surface area contributed by atoms with Crippen LogP contribution in [0.4, 0.5) is 0 Å². The maximum Gasteiger partial charge on any atom is 0.0266 e. The average molecular weight is 225 g/mol. The van der Waals surface area contributed by atoms with Crippen LogP contribution in [0.2, 0.25) is 0 Å². The zero-order valence-electron chi connectivity index (χ0n) is 10.7. The lowest BCUT2D eigenvalue weighted by molar-refractivity contribution is 0.818. The van der Waals surface area contributed by atoms with E-state index in [-0.39, 0.29) is 6.04 Å². The van der Waals surface area contributed by atoms with Crippen molar-refractivity contribution in [2.75, 3.05) is 0 Å². The summed E-state index contributed by atoms with van der Waals surface area (Å²) < 4.78 is 0. The minimum Gasteiger partial charge on any atom is -0.324 e. The van der Waals surface area contributed by atoms with Gasteiger partial charge in [-0.1, -0.05) is 53.6 Å². The van der Waals surface area contributed by atoms with Gasteiger partial charge < -0.3 is 5.73 Å². The fourth-order valence-electron chi connectivity index (χ4n) is 2.12. The van der Waals surface area contributed by atoms with Gasteiger partial charge >= 0.3 is 0 Å². The van der Waals surface area contributed by atoms with Gasteiger partial charge in [-0.15, -0.1) is 0 Å². The molecule has 1 nitrogen and oxygen atoms in total. The molecule has 0 fully saturated rings. The normalized spacial score (nSPS) is 12.5. The van der Waals surface area contributed by atoms with E-state index in [4.69, 9.17) is 5.73 Å². The van der Waals surface area contributed by atoms with Gasteiger partial charge in [0.1, 0.15) is 0 Å². The van der Waals surface area contributed by atoms with Gasteiger partial charge in [0.15, 0.2) is 0 Å². The molecule has 1 unspecified atom stereocenters. The fraction of sp³-hybridized carbons (Fsp3) is 0.250. The second-order valence-electron chi connectivity index (χ2n) is 4.79. The quantitative estimate of drug-likeness (QED) is 0.821. The summed E-state index contributed by atoms with van der Waals surface area (Å²) in [4.78, 5) is 0. The molecule has 0 aromatic heterocycles. The number of hydrogen-bond donors (Lipinski definition) is 1. The number of nitrogens with two attached hydrogens (primary N) is 1. The molecule has 0 saturated carbocycles. The highest BCUT2D eigenvalue weighted by atomic mass is 14.6. The van der Waals surface area contributed by atoms with Crippen molar-refractivity contribution >= 4 is 0 Å². The zero-order valence-corrected chi connectivity index (χ0v) is 10.7. The lowest BCUT2D eigenvalue weighted by atomic mass is 9.99. The molecule has 0 saturated heterocycles. The minimum atomic E-state index is 0.100. The van der Waals surface area contributed by atoms with Gasteiger partial charge in [0.2, 0.25) is 0 Å². The molecule has 1 atom stereocenters. The fourth-order valence-corrected chi connectivity index (χ4v) is 2.12. The van der Waals surface area contributed by atoms with E-state index in [1.54, 1.807) is 0 Å². The van der Waals surface area contributed by atoms with Gasteiger partial charge in [0.25, 0.3) is 0 Å². The van der Waals surface area contributed by atoms with Gasteiger partial charge in [-0.2, -0.15) is 0 Å². The Labute approximate surface area is 103 Å². The molecule has 0 aliphatic carbocycles. The smallest absolute Gasteiger partial charge is 0.0266 e. The number of rotatable bonds is 2. The summed E-state index contributed by atoms with van der Waals surface area (Å²) in [5.74, 6) is 0. The van der Waals surface area contributed by atoms with Crippen molar-refractivity contribution in [3.8, 4) is 11.1 Å². The van der Waals surface area contributed by atoms with Crippen LogP contribution in [0, 0.1) is 13.8 Å². The van der Waals surface area contributed by atoms with Crippen molar-refractivity contribution in [2.24, 2.45) is 5.73 Å². The van der Waals surface area contributed by atoms with Crippen molar-refractivity contribution in [3.05, 3.63) is 59.2 Å². The molecule has 88 valence electrons. The second-order valence-corrected chi connectivity index (χ2v) is 4.79. The molecule has 0 radical (unpaired) electrons. The van der Waals surface area contributed by atoms with Crippen LogP contribution in [-0.2, 0) is 0 Å². The van der Waals surface area contributed by atoms with Gasteiger partial charge in [-0.3, -0.25) is 0 Å². The van der Waals surface area contributed by atoms with E-state index in [9.17, 15) is 0 Å². The Bertz CT molecular complexity index is 489. The first-order valence-corrected chi connectivity index (χ1v) is 6.00. The summed E-state index contributed by atoms with van der Waals surface area (Å²) >= 11 is 0. The van der Waals surface area contributed by atoms with E-state index in [0.717, 1.165) is 0 Å². The van der Waals surface area contributed by atoms with Crippen LogP contribution >= 0.6 is 0 Å². The Morgan fingerprint density at radius 1 is 0.824 bits per heavy atom. The summed E-state index contributed by atoms with van der Waals surface area (Å²) in [5.41, 5.74) is 12.2. The molecule has 2 rings (SSSR count). The Balaban J connectivity index is 2.39. The molecule has 0 aliphatic heterocycles. The Morgan fingerprint density at radius 3 is 1.82 bits per heavy atom. The van der Waals surface area contributed by atoms with Crippen molar-refractivity contribution in [2.45, 2.75) is 26.8 Å². The topological polar surface area (TPSA) is 26.0 Å². The van der Waals surface area contributed by atoms with Crippen LogP contribution in [-0.4, -0.2) is 0 Å². The van der Waals surface area contributed by atoms with Crippen LogP contribution in [0.5, 0.6) is 0 Å². The van der Waals surface area contributed by atoms with Crippen LogP contribution < -0.4 is 5.73 Å². The molecule has 1 heteroatoms. The highest BCUT2D eigenvalue weighted by molar-refractivity contribution is 5.65. The molecule has 0 amide bonds. The maximum atomic E-state index is 5.85. The predicted molar refractivity (Wildman–Crippen MR) is 74.0 cm³/mol. The lowest BCUT2D eigenvalue weighted by Crippen LogP contribution is -2.04. The van der Waals surface area contributed by atoms with Crippen LogP contribution in [0.3, 0.4) is 0 Å². The number of aryl methyl sites for hydroxylation is 2. The monoisotopic (exact) mass is 225 g/mol. The third-order valence-electron chi connectivity index (χ3n) is 2.99. The third kappa shape index (κ3) is 2.75. The SMILES string of the molecule is Cc1cc(C)cc(-c2ccc(C(C)N)cc2)c1. The van der Waals surface area contributed by atoms with Gasteiger partial charge in [-0.25, -0.2) is 0 Å². The minimum absolute atomic E-state index is 0.100. The van der Waals surface area contributed by atoms with E-state index in [1.807, 2.05) is 6.92 Å². The van der Waals surface area contributed by atoms with E-state index in [1.165, 1.54) is 27.8 Å². The van der Waals surface area contributed by atoms with E-state index in [2.05, 4.69) is 56.3 Å². The van der Waals surface area contributed by atoms with Crippen molar-refractivity contribution in [1.29, 1.82) is 0 Å². The molecule has 2 aromatic carbocycles. The van der Waals surface area contributed by atoms with Crippen LogP contribution in [0.25, 0.3) is 11.1 Å². The molecular formula is C16H19N. The third-order valence-corrected chi connectivity index (χ3v) is 2.99.